The van der Waals surface area contributed by atoms with E-state index in [1.54, 1.807) is 6.92 Å². The van der Waals surface area contributed by atoms with Crippen LogP contribution in [0.15, 0.2) is 18.2 Å². The molecule has 2 aromatic rings. The average Bonchev–Trinajstić information content (AvgIpc) is 3.76. The van der Waals surface area contributed by atoms with E-state index in [9.17, 15) is 54.3 Å². The third-order valence-corrected chi connectivity index (χ3v) is 15.1. The summed E-state index contributed by atoms with van der Waals surface area (Å²) in [4.78, 5) is 83.0. The average molecular weight is 881 g/mol. The lowest BCUT2D eigenvalue weighted by atomic mass is 9.72. The Morgan fingerprint density at radius 2 is 1.73 bits per heavy atom. The molecule has 62 heavy (non-hydrogen) atoms. The molecule has 1 saturated carbocycles. The molecule has 9 atom stereocenters. The minimum absolute atomic E-state index is 0.00620. The van der Waals surface area contributed by atoms with Crippen molar-refractivity contribution in [2.75, 3.05) is 33.5 Å². The number of imide groups is 1. The molecule has 7 aliphatic rings. The van der Waals surface area contributed by atoms with Gasteiger partial charge in [0.25, 0.3) is 0 Å². The molecule has 2 unspecified atom stereocenters. The highest BCUT2D eigenvalue weighted by Crippen LogP contribution is 2.53. The van der Waals surface area contributed by atoms with Gasteiger partial charge in [-0.3, -0.25) is 38.6 Å². The lowest BCUT2D eigenvalue weighted by molar-refractivity contribution is -0.247. The standard InChI is InChI=1S/C43H48N2O16S/c1-18-40-23(45-29(61-40)16-58-17-30(45)62-26-11-28(48)44(41(26)53)14-19-6-8-20(9-7-19)42(54)55)10-31(59-18)60-25-13-43(56,27(47)15-46)12-22-33(25)39(52)35-34(37(22)50)36(49)21-4-3-5-24(57-2)32(21)38(35)51/h3-5,18-20,23,25-26,29-31,40,46,50,52,56H,6-17H2,1-2H3,(H,54,55)/t18-,19?,20?,23-,25-,26?,29+,30?,31-,40+,43-/m0/s1. The summed E-state index contributed by atoms with van der Waals surface area (Å²) in [5.41, 5.74) is -3.82. The summed E-state index contributed by atoms with van der Waals surface area (Å²) in [6.07, 6.45) is -2.86. The van der Waals surface area contributed by atoms with Crippen molar-refractivity contribution in [1.29, 1.82) is 0 Å². The van der Waals surface area contributed by atoms with Gasteiger partial charge in [0.15, 0.2) is 17.9 Å². The second kappa shape index (κ2) is 16.3. The number of Topliss-reactive ketones (excluding diaryl/α,β-unsaturated/α-hetero) is 1. The second-order valence-corrected chi connectivity index (χ2v) is 18.7. The molecular formula is C43H48N2O16S. The van der Waals surface area contributed by atoms with Crippen LogP contribution in [0.2, 0.25) is 0 Å². The summed E-state index contributed by atoms with van der Waals surface area (Å²) in [5.74, 6) is -5.67. The summed E-state index contributed by atoms with van der Waals surface area (Å²) in [6.45, 7) is 1.41. The highest BCUT2D eigenvalue weighted by molar-refractivity contribution is 8.01. The predicted molar refractivity (Wildman–Crippen MR) is 212 cm³/mol. The number of carboxylic acid groups (broad SMARTS) is 1. The number of fused-ring (bicyclic) bond motifs is 6. The zero-order chi connectivity index (χ0) is 43.9. The van der Waals surface area contributed by atoms with Gasteiger partial charge in [0.2, 0.25) is 17.6 Å². The minimum Gasteiger partial charge on any atom is -0.507 e. The van der Waals surface area contributed by atoms with Crippen LogP contribution in [0.4, 0.5) is 0 Å². The topological polar surface area (TPSA) is 256 Å². The van der Waals surface area contributed by atoms with Crippen LogP contribution in [-0.2, 0) is 44.5 Å². The number of phenolic OH excluding ortho intramolecular Hbond substituents is 2. The molecule has 5 N–H and O–H groups in total. The van der Waals surface area contributed by atoms with E-state index in [4.69, 9.17) is 23.7 Å². The summed E-state index contributed by atoms with van der Waals surface area (Å²) in [6, 6.07) is 3.98. The van der Waals surface area contributed by atoms with Gasteiger partial charge >= 0.3 is 5.97 Å². The van der Waals surface area contributed by atoms with Crippen LogP contribution >= 0.6 is 11.8 Å². The van der Waals surface area contributed by atoms with Gasteiger partial charge in [0, 0.05) is 55.0 Å². The number of carbonyl (C=O) groups is 6. The Morgan fingerprint density at radius 3 is 2.44 bits per heavy atom. The van der Waals surface area contributed by atoms with Gasteiger partial charge in [-0.2, -0.15) is 0 Å². The number of aromatic hydroxyl groups is 2. The first-order valence-electron chi connectivity index (χ1n) is 20.9. The Hall–Kier alpha value is -4.47. The number of phenols is 2. The monoisotopic (exact) mass is 880 g/mol. The highest BCUT2D eigenvalue weighted by atomic mass is 32.2. The number of hydrogen-bond donors (Lipinski definition) is 5. The minimum atomic E-state index is -2.32. The maximum absolute atomic E-state index is 14.1. The van der Waals surface area contributed by atoms with E-state index >= 15 is 0 Å². The Morgan fingerprint density at radius 1 is 0.984 bits per heavy atom. The molecule has 18 nitrogen and oxygen atoms in total. The number of likely N-dealkylation sites (tertiary alicyclic amines) is 1. The number of rotatable bonds is 10. The molecule has 0 bridgehead atoms. The normalized spacial score (nSPS) is 34.3. The van der Waals surface area contributed by atoms with Crippen molar-refractivity contribution >= 4 is 46.9 Å². The van der Waals surface area contributed by atoms with Crippen molar-refractivity contribution in [3.8, 4) is 17.2 Å². The Labute approximate surface area is 359 Å². The van der Waals surface area contributed by atoms with Crippen molar-refractivity contribution in [2.45, 2.75) is 111 Å². The Kier molecular flexibility index (Phi) is 11.2. The number of methoxy groups -OCH3 is 1. The number of aliphatic carboxylic acids is 1. The van der Waals surface area contributed by atoms with Crippen molar-refractivity contribution in [2.24, 2.45) is 11.8 Å². The molecule has 4 aliphatic heterocycles. The molecular weight excluding hydrogens is 833 g/mol. The predicted octanol–water partition coefficient (Wildman–Crippen LogP) is 1.82. The smallest absolute Gasteiger partial charge is 0.306 e. The summed E-state index contributed by atoms with van der Waals surface area (Å²) in [5, 5.41) is 53.6. The third-order valence-electron chi connectivity index (χ3n) is 13.7. The fourth-order valence-corrected chi connectivity index (χ4v) is 12.1. The van der Waals surface area contributed by atoms with E-state index in [1.165, 1.54) is 42.0 Å². The molecule has 332 valence electrons. The molecule has 5 fully saturated rings. The molecule has 4 saturated heterocycles. The lowest BCUT2D eigenvalue weighted by Gasteiger charge is -2.44. The first kappa shape index (κ1) is 42.8. The maximum Gasteiger partial charge on any atom is 0.306 e. The van der Waals surface area contributed by atoms with Crippen LogP contribution in [0.5, 0.6) is 17.2 Å². The zero-order valence-electron chi connectivity index (χ0n) is 34.0. The number of benzene rings is 2. The number of carboxylic acids is 1. The van der Waals surface area contributed by atoms with Crippen molar-refractivity contribution < 1.29 is 78.0 Å². The molecule has 19 heteroatoms. The maximum atomic E-state index is 14.1. The first-order valence-corrected chi connectivity index (χ1v) is 21.9. The molecule has 3 aliphatic carbocycles. The molecule has 9 rings (SSSR count). The largest absolute Gasteiger partial charge is 0.507 e. The Bertz CT molecular complexity index is 2240. The fourth-order valence-electron chi connectivity index (χ4n) is 10.6. The molecule has 2 aromatic carbocycles. The number of ketones is 3. The number of morpholine rings is 1. The van der Waals surface area contributed by atoms with Crippen LogP contribution < -0.4 is 4.74 Å². The van der Waals surface area contributed by atoms with Gasteiger partial charge in [-0.05, 0) is 44.6 Å². The van der Waals surface area contributed by atoms with E-state index in [0.29, 0.717) is 25.7 Å². The van der Waals surface area contributed by atoms with E-state index < -0.39 is 124 Å². The van der Waals surface area contributed by atoms with Crippen LogP contribution in [0.3, 0.4) is 0 Å². The van der Waals surface area contributed by atoms with Crippen molar-refractivity contribution in [3.05, 3.63) is 51.6 Å². The SMILES string of the molecule is COc1cccc2c1C(=O)c1c(O)c3c(c(O)c1C2=O)C[C@@](O)(C(=O)CO)C[C@@H]3O[C@H]1C[C@H]2[C@H](O[C@@H]3COCC(SC4CC(=O)N(CC5CCC(C(=O)O)CC5)C4=O)N32)[C@H](C)O1. The van der Waals surface area contributed by atoms with Gasteiger partial charge in [-0.1, -0.05) is 12.1 Å². The van der Waals surface area contributed by atoms with Crippen LogP contribution in [0.25, 0.3) is 0 Å². The van der Waals surface area contributed by atoms with E-state index in [1.807, 2.05) is 0 Å². The van der Waals surface area contributed by atoms with Gasteiger partial charge in [-0.15, -0.1) is 11.8 Å². The van der Waals surface area contributed by atoms with Gasteiger partial charge in [0.1, 0.15) is 41.8 Å². The van der Waals surface area contributed by atoms with Crippen LogP contribution in [0, 0.1) is 11.8 Å². The van der Waals surface area contributed by atoms with E-state index in [0.717, 1.165) is 0 Å². The molecule has 0 radical (unpaired) electrons. The summed E-state index contributed by atoms with van der Waals surface area (Å²) >= 11 is 1.32. The fraction of sp³-hybridized carbons (Fsp3) is 0.581. The van der Waals surface area contributed by atoms with Gasteiger partial charge in [-0.25, -0.2) is 0 Å². The second-order valence-electron chi connectivity index (χ2n) is 17.3. The number of carbonyl (C=O) groups excluding carboxylic acids is 5. The molecule has 0 spiro atoms. The highest BCUT2D eigenvalue weighted by Gasteiger charge is 2.56. The first-order chi connectivity index (χ1) is 29.6. The lowest BCUT2D eigenvalue weighted by Crippen LogP contribution is -2.56. The third kappa shape index (κ3) is 7.01. The van der Waals surface area contributed by atoms with Crippen molar-refractivity contribution in [1.82, 2.24) is 9.80 Å². The number of ether oxygens (including phenoxy) is 5. The molecule has 4 heterocycles. The number of thioether (sulfide) groups is 1. The van der Waals surface area contributed by atoms with Gasteiger partial charge in [0.05, 0.1) is 65.8 Å². The summed E-state index contributed by atoms with van der Waals surface area (Å²) in [7, 11) is 1.32. The van der Waals surface area contributed by atoms with Crippen molar-refractivity contribution in [3.63, 3.8) is 0 Å². The van der Waals surface area contributed by atoms with Gasteiger partial charge < -0.3 is 49.2 Å². The summed E-state index contributed by atoms with van der Waals surface area (Å²) < 4.78 is 30.6. The van der Waals surface area contributed by atoms with Crippen LogP contribution in [0.1, 0.15) is 101 Å². The number of nitrogens with zero attached hydrogens (tertiary/aromatic N) is 2. The number of hydrogen-bond acceptors (Lipinski definition) is 17. The number of aliphatic hydroxyl groups is 2. The number of amides is 2. The molecule has 2 amide bonds. The quantitative estimate of drug-likeness (QED) is 0.144. The van der Waals surface area contributed by atoms with Crippen LogP contribution in [-0.4, -0.2) is 151 Å². The molecule has 0 aromatic heterocycles. The van der Waals surface area contributed by atoms with E-state index in [2.05, 4.69) is 4.90 Å². The zero-order valence-corrected chi connectivity index (χ0v) is 34.8. The Balaban J connectivity index is 0.974. The van der Waals surface area contributed by atoms with E-state index in [-0.39, 0.29) is 78.3 Å². The number of aliphatic hydroxyl groups excluding tert-OH is 1.